The van der Waals surface area contributed by atoms with Gasteiger partial charge in [0.25, 0.3) is 0 Å². The highest BCUT2D eigenvalue weighted by Crippen LogP contribution is 2.31. The number of rotatable bonds is 5. The van der Waals surface area contributed by atoms with E-state index < -0.39 is 0 Å². The van der Waals surface area contributed by atoms with Gasteiger partial charge in [0.1, 0.15) is 18.1 Å². The summed E-state index contributed by atoms with van der Waals surface area (Å²) < 4.78 is 13.3. The van der Waals surface area contributed by atoms with E-state index in [0.717, 1.165) is 55.4 Å². The summed E-state index contributed by atoms with van der Waals surface area (Å²) in [6.45, 7) is 6.24. The topological polar surface area (TPSA) is 59.8 Å². The molecule has 0 amide bonds. The van der Waals surface area contributed by atoms with Crippen LogP contribution >= 0.6 is 0 Å². The van der Waals surface area contributed by atoms with Gasteiger partial charge in [-0.1, -0.05) is 0 Å². The Labute approximate surface area is 153 Å². The zero-order valence-corrected chi connectivity index (χ0v) is 15.4. The van der Waals surface area contributed by atoms with E-state index in [1.165, 1.54) is 16.8 Å². The van der Waals surface area contributed by atoms with Crippen LogP contribution in [0.5, 0.6) is 11.5 Å². The molecular formula is C20H25N3O3. The standard InChI is InChI=1S/C20H25N3O3/c1-3-23-19-6-7-22(11-17(19)18(12-24)21-23)10-14-8-15-9-16(25-2)4-5-20(15)26-13-14/h4-5,8-9,24H,3,6-7,10-13H2,1-2H3. The van der Waals surface area contributed by atoms with E-state index in [1.54, 1.807) is 7.11 Å². The van der Waals surface area contributed by atoms with Crippen LogP contribution in [0.4, 0.5) is 0 Å². The Morgan fingerprint density at radius 1 is 1.35 bits per heavy atom. The van der Waals surface area contributed by atoms with Crippen LogP contribution in [0.1, 0.15) is 29.4 Å². The summed E-state index contributed by atoms with van der Waals surface area (Å²) in [5.74, 6) is 1.74. The number of hydrogen-bond donors (Lipinski definition) is 1. The molecule has 0 aliphatic carbocycles. The SMILES string of the molecule is CCn1nc(CO)c2c1CCN(CC1=Cc3cc(OC)ccc3OC1)C2. The van der Waals surface area contributed by atoms with Crippen LogP contribution < -0.4 is 9.47 Å². The third-order valence-electron chi connectivity index (χ3n) is 5.16. The smallest absolute Gasteiger partial charge is 0.127 e. The number of aliphatic hydroxyl groups excluding tert-OH is 1. The predicted octanol–water partition coefficient (Wildman–Crippen LogP) is 2.24. The number of aromatic nitrogens is 2. The lowest BCUT2D eigenvalue weighted by Crippen LogP contribution is -2.34. The maximum Gasteiger partial charge on any atom is 0.127 e. The van der Waals surface area contributed by atoms with Crippen LogP contribution in [0.15, 0.2) is 23.8 Å². The molecule has 3 heterocycles. The quantitative estimate of drug-likeness (QED) is 0.891. The van der Waals surface area contributed by atoms with Crippen molar-refractivity contribution in [2.75, 3.05) is 26.8 Å². The van der Waals surface area contributed by atoms with E-state index >= 15 is 0 Å². The number of aliphatic hydroxyl groups is 1. The molecule has 2 aromatic rings. The number of benzene rings is 1. The van der Waals surface area contributed by atoms with E-state index in [9.17, 15) is 5.11 Å². The van der Waals surface area contributed by atoms with E-state index in [4.69, 9.17) is 9.47 Å². The molecule has 6 nitrogen and oxygen atoms in total. The second kappa shape index (κ2) is 7.13. The van der Waals surface area contributed by atoms with Crippen LogP contribution in [-0.2, 0) is 26.1 Å². The Balaban J connectivity index is 1.52. The minimum absolute atomic E-state index is 0.00213. The van der Waals surface area contributed by atoms with Crippen LogP contribution in [0.2, 0.25) is 0 Å². The molecule has 1 N–H and O–H groups in total. The highest BCUT2D eigenvalue weighted by molar-refractivity contribution is 5.64. The Kier molecular flexibility index (Phi) is 4.70. The zero-order valence-electron chi connectivity index (χ0n) is 15.4. The maximum absolute atomic E-state index is 9.63. The van der Waals surface area contributed by atoms with Crippen LogP contribution in [-0.4, -0.2) is 46.6 Å². The molecule has 0 saturated heterocycles. The zero-order chi connectivity index (χ0) is 18.1. The lowest BCUT2D eigenvalue weighted by molar-refractivity contribution is 0.247. The molecule has 0 saturated carbocycles. The lowest BCUT2D eigenvalue weighted by atomic mass is 10.0. The predicted molar refractivity (Wildman–Crippen MR) is 99.3 cm³/mol. The second-order valence-corrected chi connectivity index (χ2v) is 6.80. The summed E-state index contributed by atoms with van der Waals surface area (Å²) in [5.41, 5.74) is 5.60. The molecule has 0 atom stereocenters. The number of fused-ring (bicyclic) bond motifs is 2. The minimum Gasteiger partial charge on any atom is -0.497 e. The molecule has 1 aromatic carbocycles. The van der Waals surface area contributed by atoms with Crippen molar-refractivity contribution in [2.24, 2.45) is 0 Å². The van der Waals surface area contributed by atoms with Crippen molar-refractivity contribution in [3.8, 4) is 11.5 Å². The summed E-state index contributed by atoms with van der Waals surface area (Å²) >= 11 is 0. The molecule has 4 rings (SSSR count). The molecule has 6 heteroatoms. The first-order valence-corrected chi connectivity index (χ1v) is 9.12. The van der Waals surface area contributed by atoms with Gasteiger partial charge in [0, 0.05) is 49.4 Å². The first kappa shape index (κ1) is 17.1. The van der Waals surface area contributed by atoms with Gasteiger partial charge in [-0.2, -0.15) is 5.10 Å². The van der Waals surface area contributed by atoms with Gasteiger partial charge in [-0.05, 0) is 36.8 Å². The Hall–Kier alpha value is -2.31. The first-order valence-electron chi connectivity index (χ1n) is 9.12. The van der Waals surface area contributed by atoms with Gasteiger partial charge in [0.05, 0.1) is 19.4 Å². The normalized spacial score (nSPS) is 16.5. The maximum atomic E-state index is 9.63. The average Bonchev–Trinajstić information content (AvgIpc) is 3.04. The fourth-order valence-corrected chi connectivity index (χ4v) is 3.85. The van der Waals surface area contributed by atoms with Gasteiger partial charge in [0.2, 0.25) is 0 Å². The van der Waals surface area contributed by atoms with E-state index in [0.29, 0.717) is 6.61 Å². The number of nitrogens with zero attached hydrogens (tertiary/aromatic N) is 3. The van der Waals surface area contributed by atoms with Crippen molar-refractivity contribution < 1.29 is 14.6 Å². The lowest BCUT2D eigenvalue weighted by Gasteiger charge is -2.29. The summed E-state index contributed by atoms with van der Waals surface area (Å²) in [6.07, 6.45) is 3.17. The van der Waals surface area contributed by atoms with Crippen molar-refractivity contribution in [1.82, 2.24) is 14.7 Å². The molecule has 0 spiro atoms. The molecule has 2 aliphatic rings. The fraction of sp³-hybridized carbons (Fsp3) is 0.450. The number of methoxy groups -OCH3 is 1. The minimum atomic E-state index is 0.00213. The van der Waals surface area contributed by atoms with Crippen molar-refractivity contribution in [1.29, 1.82) is 0 Å². The van der Waals surface area contributed by atoms with Crippen molar-refractivity contribution in [3.05, 3.63) is 46.3 Å². The van der Waals surface area contributed by atoms with Crippen molar-refractivity contribution >= 4 is 6.08 Å². The molecule has 2 aliphatic heterocycles. The van der Waals surface area contributed by atoms with Crippen LogP contribution in [0.3, 0.4) is 0 Å². The Bertz CT molecular complexity index is 841. The second-order valence-electron chi connectivity index (χ2n) is 6.80. The van der Waals surface area contributed by atoms with Crippen molar-refractivity contribution in [2.45, 2.75) is 33.0 Å². The van der Waals surface area contributed by atoms with Gasteiger partial charge in [-0.3, -0.25) is 9.58 Å². The largest absolute Gasteiger partial charge is 0.497 e. The molecule has 1 aromatic heterocycles. The molecule has 0 radical (unpaired) electrons. The van der Waals surface area contributed by atoms with Crippen LogP contribution in [0, 0.1) is 0 Å². The number of ether oxygens (including phenoxy) is 2. The first-order chi connectivity index (χ1) is 12.7. The molecule has 0 unspecified atom stereocenters. The molecular weight excluding hydrogens is 330 g/mol. The van der Waals surface area contributed by atoms with Gasteiger partial charge >= 0.3 is 0 Å². The molecule has 26 heavy (non-hydrogen) atoms. The summed E-state index contributed by atoms with van der Waals surface area (Å²) in [7, 11) is 1.68. The van der Waals surface area contributed by atoms with Gasteiger partial charge in [-0.15, -0.1) is 0 Å². The van der Waals surface area contributed by atoms with E-state index in [-0.39, 0.29) is 6.61 Å². The summed E-state index contributed by atoms with van der Waals surface area (Å²) in [6, 6.07) is 5.89. The number of hydrogen-bond acceptors (Lipinski definition) is 5. The Morgan fingerprint density at radius 2 is 2.23 bits per heavy atom. The number of aryl methyl sites for hydroxylation is 1. The van der Waals surface area contributed by atoms with Crippen LogP contribution in [0.25, 0.3) is 6.08 Å². The molecule has 0 bridgehead atoms. The third-order valence-corrected chi connectivity index (χ3v) is 5.16. The Morgan fingerprint density at radius 3 is 3.00 bits per heavy atom. The monoisotopic (exact) mass is 355 g/mol. The van der Waals surface area contributed by atoms with Gasteiger partial charge < -0.3 is 14.6 Å². The molecule has 138 valence electrons. The summed E-state index contributed by atoms with van der Waals surface area (Å²) in [5, 5.41) is 14.2. The van der Waals surface area contributed by atoms with Gasteiger partial charge in [0.15, 0.2) is 0 Å². The summed E-state index contributed by atoms with van der Waals surface area (Å²) in [4.78, 5) is 2.41. The average molecular weight is 355 g/mol. The molecule has 0 fully saturated rings. The van der Waals surface area contributed by atoms with Crippen molar-refractivity contribution in [3.63, 3.8) is 0 Å². The highest BCUT2D eigenvalue weighted by atomic mass is 16.5. The third kappa shape index (κ3) is 3.10. The van der Waals surface area contributed by atoms with E-state index in [1.807, 2.05) is 22.9 Å². The van der Waals surface area contributed by atoms with E-state index in [2.05, 4.69) is 23.0 Å². The fourth-order valence-electron chi connectivity index (χ4n) is 3.85. The highest BCUT2D eigenvalue weighted by Gasteiger charge is 2.25. The van der Waals surface area contributed by atoms with Gasteiger partial charge in [-0.25, -0.2) is 0 Å².